The molecule has 2 N–H and O–H groups in total. The summed E-state index contributed by atoms with van der Waals surface area (Å²) in [5.74, 6) is 0. The third-order valence-corrected chi connectivity index (χ3v) is 3.77. The Morgan fingerprint density at radius 3 is 2.18 bits per heavy atom. The minimum absolute atomic E-state index is 0.643. The summed E-state index contributed by atoms with van der Waals surface area (Å²) in [6.45, 7) is 6.79. The second kappa shape index (κ2) is 5.10. The van der Waals surface area contributed by atoms with E-state index < -0.39 is 18.3 Å². The minimum atomic E-state index is -1.08. The Balaban J connectivity index is 2.87. The van der Waals surface area contributed by atoms with E-state index in [1.165, 1.54) is 0 Å². The van der Waals surface area contributed by atoms with Gasteiger partial charge in [0.1, 0.15) is 0 Å². The van der Waals surface area contributed by atoms with Gasteiger partial charge < -0.3 is 14.8 Å². The van der Waals surface area contributed by atoms with Crippen molar-refractivity contribution >= 4 is 28.5 Å². The molecule has 0 radical (unpaired) electrons. The van der Waals surface area contributed by atoms with Gasteiger partial charge in [-0.1, -0.05) is 34.1 Å². The van der Waals surface area contributed by atoms with Gasteiger partial charge in [-0.25, -0.2) is 0 Å². The molecule has 0 bridgehead atoms. The number of halogens is 1. The molecule has 0 aliphatic rings. The molecular weight excluding hydrogens is 283 g/mol. The van der Waals surface area contributed by atoms with Crippen LogP contribution in [0.5, 0.6) is 0 Å². The normalized spacial score (nSPS) is 12.6. The van der Waals surface area contributed by atoms with Crippen LogP contribution in [0.1, 0.15) is 27.7 Å². The standard InChI is InChI=1S/C12H18BBrO3/c1-11(2,15)12(3,4)17-13(16)9-7-5-6-8-10(9)14/h5-8,15-16H,1-4H3. The number of hydrogen-bond acceptors (Lipinski definition) is 3. The Bertz CT molecular complexity index is 388. The molecule has 0 aliphatic carbocycles. The molecule has 0 spiro atoms. The summed E-state index contributed by atoms with van der Waals surface area (Å²) in [5.41, 5.74) is -1.26. The Morgan fingerprint density at radius 1 is 1.18 bits per heavy atom. The highest BCUT2D eigenvalue weighted by Crippen LogP contribution is 2.25. The summed E-state index contributed by atoms with van der Waals surface area (Å²) in [5, 5.41) is 20.0. The number of rotatable bonds is 4. The van der Waals surface area contributed by atoms with Crippen LogP contribution >= 0.6 is 15.9 Å². The average Bonchev–Trinajstić information content (AvgIpc) is 2.15. The number of aliphatic hydroxyl groups is 1. The van der Waals surface area contributed by atoms with Crippen molar-refractivity contribution in [2.75, 3.05) is 0 Å². The lowest BCUT2D eigenvalue weighted by molar-refractivity contribution is -0.0982. The summed E-state index contributed by atoms with van der Waals surface area (Å²) >= 11 is 3.35. The van der Waals surface area contributed by atoms with Gasteiger partial charge in [0, 0.05) is 4.47 Å². The first-order chi connectivity index (χ1) is 7.65. The fourth-order valence-electron chi connectivity index (χ4n) is 1.16. The lowest BCUT2D eigenvalue weighted by atomic mass is 9.76. The van der Waals surface area contributed by atoms with Crippen LogP contribution in [0.25, 0.3) is 0 Å². The predicted octanol–water partition coefficient (Wildman–Crippen LogP) is 1.70. The van der Waals surface area contributed by atoms with Crippen molar-refractivity contribution < 1.29 is 14.8 Å². The lowest BCUT2D eigenvalue weighted by Crippen LogP contribution is -2.53. The molecule has 0 unspecified atom stereocenters. The maximum Gasteiger partial charge on any atom is 0.492 e. The van der Waals surface area contributed by atoms with E-state index in [1.54, 1.807) is 33.8 Å². The summed E-state index contributed by atoms with van der Waals surface area (Å²) < 4.78 is 6.32. The molecule has 5 heteroatoms. The van der Waals surface area contributed by atoms with Gasteiger partial charge in [0.15, 0.2) is 0 Å². The molecule has 94 valence electrons. The van der Waals surface area contributed by atoms with Crippen LogP contribution in [0.15, 0.2) is 28.7 Å². The first-order valence-electron chi connectivity index (χ1n) is 5.48. The quantitative estimate of drug-likeness (QED) is 0.832. The molecule has 0 aliphatic heterocycles. The second-order valence-electron chi connectivity index (χ2n) is 5.06. The van der Waals surface area contributed by atoms with E-state index >= 15 is 0 Å². The molecule has 0 fully saturated rings. The molecule has 0 atom stereocenters. The molecule has 0 amide bonds. The van der Waals surface area contributed by atoms with Crippen molar-refractivity contribution in [3.05, 3.63) is 28.7 Å². The highest BCUT2D eigenvalue weighted by Gasteiger charge is 2.39. The van der Waals surface area contributed by atoms with Crippen molar-refractivity contribution in [1.82, 2.24) is 0 Å². The molecular formula is C12H18BBrO3. The van der Waals surface area contributed by atoms with Gasteiger partial charge in [0.05, 0.1) is 11.2 Å². The first-order valence-corrected chi connectivity index (χ1v) is 6.27. The third kappa shape index (κ3) is 3.55. The SMILES string of the molecule is CC(C)(O)C(C)(C)OB(O)c1ccccc1Br. The smallest absolute Gasteiger partial charge is 0.423 e. The monoisotopic (exact) mass is 300 g/mol. The Morgan fingerprint density at radius 2 is 1.71 bits per heavy atom. The zero-order valence-electron chi connectivity index (χ0n) is 10.6. The van der Waals surface area contributed by atoms with Gasteiger partial charge in [0.2, 0.25) is 0 Å². The van der Waals surface area contributed by atoms with Gasteiger partial charge in [-0.05, 0) is 39.2 Å². The second-order valence-corrected chi connectivity index (χ2v) is 5.92. The van der Waals surface area contributed by atoms with E-state index in [0.29, 0.717) is 5.46 Å². The summed E-state index contributed by atoms with van der Waals surface area (Å²) in [6, 6.07) is 7.29. The van der Waals surface area contributed by atoms with Gasteiger partial charge in [0.25, 0.3) is 0 Å². The van der Waals surface area contributed by atoms with Gasteiger partial charge in [-0.2, -0.15) is 0 Å². The van der Waals surface area contributed by atoms with Crippen molar-refractivity contribution in [3.8, 4) is 0 Å². The molecule has 0 aromatic heterocycles. The molecule has 0 heterocycles. The predicted molar refractivity (Wildman–Crippen MR) is 73.2 cm³/mol. The van der Waals surface area contributed by atoms with E-state index in [0.717, 1.165) is 4.47 Å². The maximum absolute atomic E-state index is 10.0. The lowest BCUT2D eigenvalue weighted by Gasteiger charge is -2.38. The zero-order chi connectivity index (χ0) is 13.3. The van der Waals surface area contributed by atoms with Crippen molar-refractivity contribution in [3.63, 3.8) is 0 Å². The Labute approximate surface area is 111 Å². The fraction of sp³-hybridized carbons (Fsp3) is 0.500. The molecule has 1 rings (SSSR count). The van der Waals surface area contributed by atoms with E-state index in [1.807, 2.05) is 18.2 Å². The first kappa shape index (κ1) is 14.7. The van der Waals surface area contributed by atoms with Gasteiger partial charge in [-0.3, -0.25) is 0 Å². The van der Waals surface area contributed by atoms with E-state index in [9.17, 15) is 10.1 Å². The zero-order valence-corrected chi connectivity index (χ0v) is 12.2. The highest BCUT2D eigenvalue weighted by atomic mass is 79.9. The highest BCUT2D eigenvalue weighted by molar-refractivity contribution is 9.10. The summed E-state index contributed by atoms with van der Waals surface area (Å²) in [4.78, 5) is 0. The Hall–Kier alpha value is -0.355. The van der Waals surface area contributed by atoms with Crippen LogP contribution in [0.3, 0.4) is 0 Å². The van der Waals surface area contributed by atoms with Crippen LogP contribution in [0.2, 0.25) is 0 Å². The van der Waals surface area contributed by atoms with Crippen LogP contribution in [0.4, 0.5) is 0 Å². The summed E-state index contributed by atoms with van der Waals surface area (Å²) in [7, 11) is -1.08. The average molecular weight is 301 g/mol. The summed E-state index contributed by atoms with van der Waals surface area (Å²) in [6.07, 6.45) is 0. The molecule has 1 aromatic rings. The van der Waals surface area contributed by atoms with Crippen molar-refractivity contribution in [2.24, 2.45) is 0 Å². The van der Waals surface area contributed by atoms with E-state index in [4.69, 9.17) is 4.65 Å². The molecule has 17 heavy (non-hydrogen) atoms. The maximum atomic E-state index is 10.0. The van der Waals surface area contributed by atoms with Crippen LogP contribution < -0.4 is 5.46 Å². The molecule has 3 nitrogen and oxygen atoms in total. The topological polar surface area (TPSA) is 49.7 Å². The molecule has 0 saturated heterocycles. The van der Waals surface area contributed by atoms with Crippen LogP contribution in [-0.4, -0.2) is 28.5 Å². The van der Waals surface area contributed by atoms with Gasteiger partial charge in [-0.15, -0.1) is 0 Å². The third-order valence-electron chi connectivity index (χ3n) is 3.05. The Kier molecular flexibility index (Phi) is 4.41. The number of hydrogen-bond donors (Lipinski definition) is 2. The van der Waals surface area contributed by atoms with E-state index in [2.05, 4.69) is 15.9 Å². The largest absolute Gasteiger partial charge is 0.492 e. The van der Waals surface area contributed by atoms with E-state index in [-0.39, 0.29) is 0 Å². The van der Waals surface area contributed by atoms with Gasteiger partial charge >= 0.3 is 7.12 Å². The molecule has 0 saturated carbocycles. The molecule has 1 aromatic carbocycles. The minimum Gasteiger partial charge on any atom is -0.423 e. The van der Waals surface area contributed by atoms with Crippen molar-refractivity contribution in [1.29, 1.82) is 0 Å². The fourth-order valence-corrected chi connectivity index (χ4v) is 1.64. The van der Waals surface area contributed by atoms with Crippen LogP contribution in [0, 0.1) is 0 Å². The van der Waals surface area contributed by atoms with Crippen molar-refractivity contribution in [2.45, 2.75) is 38.9 Å². The number of benzene rings is 1. The van der Waals surface area contributed by atoms with Crippen LogP contribution in [-0.2, 0) is 4.65 Å².